The molecule has 0 fully saturated rings. The number of carbonyl (C=O) groups is 1. The Labute approximate surface area is 91.7 Å². The number of hydrogen-bond acceptors (Lipinski definition) is 2. The van der Waals surface area contributed by atoms with E-state index in [4.69, 9.17) is 22.4 Å². The number of aliphatic hydroxyl groups excluding tert-OH is 1. The van der Waals surface area contributed by atoms with Gasteiger partial charge in [0.15, 0.2) is 5.82 Å². The fraction of sp³-hybridized carbons (Fsp3) is 0.200. The zero-order chi connectivity index (χ0) is 11.4. The Kier molecular flexibility index (Phi) is 4.05. The number of aliphatic hydroxyl groups is 1. The van der Waals surface area contributed by atoms with Crippen LogP contribution in [0.15, 0.2) is 12.1 Å². The third-order valence-corrected chi connectivity index (χ3v) is 2.16. The molecular formula is C10H10ClFNO2. The molecule has 1 aromatic carbocycles. The van der Waals surface area contributed by atoms with Crippen molar-refractivity contribution in [1.29, 1.82) is 0 Å². The van der Waals surface area contributed by atoms with E-state index >= 15 is 0 Å². The predicted molar refractivity (Wildman–Crippen MR) is 55.0 cm³/mol. The summed E-state index contributed by atoms with van der Waals surface area (Å²) >= 11 is 5.52. The smallest absolute Gasteiger partial charge is 0.252 e. The molecule has 0 aromatic heterocycles. The minimum atomic E-state index is -0.876. The molecule has 0 bridgehead atoms. The van der Waals surface area contributed by atoms with Gasteiger partial charge in [0.2, 0.25) is 0 Å². The Bertz CT molecular complexity index is 382. The molecule has 0 heterocycles. The summed E-state index contributed by atoms with van der Waals surface area (Å²) in [5, 5.41) is 8.47. The Morgan fingerprint density at radius 1 is 1.60 bits per heavy atom. The van der Waals surface area contributed by atoms with Gasteiger partial charge in [0.25, 0.3) is 5.91 Å². The lowest BCUT2D eigenvalue weighted by molar-refractivity contribution is 0.0996. The highest BCUT2D eigenvalue weighted by Crippen LogP contribution is 2.23. The van der Waals surface area contributed by atoms with Crippen molar-refractivity contribution in [2.24, 2.45) is 5.73 Å². The summed E-state index contributed by atoms with van der Waals surface area (Å²) in [6, 6.07) is 2.83. The summed E-state index contributed by atoms with van der Waals surface area (Å²) in [6.07, 6.45) is 1.85. The molecule has 0 aliphatic rings. The highest BCUT2D eigenvalue weighted by Gasteiger charge is 2.16. The van der Waals surface area contributed by atoms with Gasteiger partial charge >= 0.3 is 0 Å². The standard InChI is InChI=1S/C10H10ClFNO2/c11-7-4-3-6(2-1-5-14)8(9(7)12)10(13)15/h2-4,14H,1,5H2,(H2,13,15). The molecule has 3 N–H and O–H groups in total. The number of hydrogen-bond donors (Lipinski definition) is 2. The van der Waals surface area contributed by atoms with E-state index in [0.29, 0.717) is 12.0 Å². The van der Waals surface area contributed by atoms with Gasteiger partial charge in [0.1, 0.15) is 0 Å². The number of halogens is 2. The van der Waals surface area contributed by atoms with Crippen molar-refractivity contribution in [3.05, 3.63) is 40.5 Å². The predicted octanol–water partition coefficient (Wildman–Crippen LogP) is 1.51. The lowest BCUT2D eigenvalue weighted by atomic mass is 10.0. The molecule has 0 saturated carbocycles. The van der Waals surface area contributed by atoms with Crippen LogP contribution in [-0.4, -0.2) is 17.6 Å². The summed E-state index contributed by atoms with van der Waals surface area (Å²) in [6.45, 7) is -0.0809. The van der Waals surface area contributed by atoms with Crippen LogP contribution >= 0.6 is 11.6 Å². The number of benzene rings is 1. The summed E-state index contributed by atoms with van der Waals surface area (Å²) in [4.78, 5) is 11.0. The lowest BCUT2D eigenvalue weighted by Gasteiger charge is -2.07. The Morgan fingerprint density at radius 2 is 2.27 bits per heavy atom. The van der Waals surface area contributed by atoms with Gasteiger partial charge in [-0.15, -0.1) is 0 Å². The second-order valence-corrected chi connectivity index (χ2v) is 3.31. The SMILES string of the molecule is NC(=O)c1c([CH]CCO)ccc(Cl)c1F. The molecule has 0 atom stereocenters. The van der Waals surface area contributed by atoms with Gasteiger partial charge in [-0.05, 0) is 24.5 Å². The first-order valence-electron chi connectivity index (χ1n) is 4.29. The average molecular weight is 231 g/mol. The molecule has 3 nitrogen and oxygen atoms in total. The molecule has 0 aliphatic carbocycles. The zero-order valence-corrected chi connectivity index (χ0v) is 8.59. The minimum Gasteiger partial charge on any atom is -0.396 e. The first-order chi connectivity index (χ1) is 7.07. The molecule has 5 heteroatoms. The Hall–Kier alpha value is -1.13. The second kappa shape index (κ2) is 5.09. The maximum absolute atomic E-state index is 13.4. The molecule has 0 spiro atoms. The van der Waals surface area contributed by atoms with E-state index in [1.54, 1.807) is 0 Å². The second-order valence-electron chi connectivity index (χ2n) is 2.91. The first-order valence-corrected chi connectivity index (χ1v) is 4.67. The van der Waals surface area contributed by atoms with Crippen molar-refractivity contribution in [3.8, 4) is 0 Å². The number of amides is 1. The summed E-state index contributed by atoms with van der Waals surface area (Å²) in [5.74, 6) is -1.70. The molecule has 1 aromatic rings. The van der Waals surface area contributed by atoms with Gasteiger partial charge in [-0.25, -0.2) is 4.39 Å². The zero-order valence-electron chi connectivity index (χ0n) is 7.84. The Morgan fingerprint density at radius 3 is 2.80 bits per heavy atom. The van der Waals surface area contributed by atoms with Crippen LogP contribution in [0, 0.1) is 12.2 Å². The van der Waals surface area contributed by atoms with Crippen LogP contribution in [0.25, 0.3) is 0 Å². The molecular weight excluding hydrogens is 221 g/mol. The van der Waals surface area contributed by atoms with E-state index in [1.165, 1.54) is 18.6 Å². The van der Waals surface area contributed by atoms with E-state index in [9.17, 15) is 9.18 Å². The first kappa shape index (κ1) is 11.9. The number of nitrogens with two attached hydrogens (primary N) is 1. The molecule has 1 rings (SSSR count). The van der Waals surface area contributed by atoms with E-state index in [0.717, 1.165) is 0 Å². The van der Waals surface area contributed by atoms with Crippen LogP contribution in [0.5, 0.6) is 0 Å². The summed E-state index contributed by atoms with van der Waals surface area (Å²) < 4.78 is 13.4. The number of carbonyl (C=O) groups excluding carboxylic acids is 1. The van der Waals surface area contributed by atoms with Crippen molar-refractivity contribution < 1.29 is 14.3 Å². The van der Waals surface area contributed by atoms with Gasteiger partial charge in [-0.2, -0.15) is 0 Å². The van der Waals surface area contributed by atoms with Crippen LogP contribution < -0.4 is 5.73 Å². The molecule has 1 radical (unpaired) electrons. The quantitative estimate of drug-likeness (QED) is 0.824. The van der Waals surface area contributed by atoms with E-state index in [1.807, 2.05) is 0 Å². The highest BCUT2D eigenvalue weighted by atomic mass is 35.5. The van der Waals surface area contributed by atoms with Crippen LogP contribution in [0.4, 0.5) is 4.39 Å². The number of primary amides is 1. The normalized spacial score (nSPS) is 10.3. The van der Waals surface area contributed by atoms with Gasteiger partial charge in [0, 0.05) is 6.61 Å². The van der Waals surface area contributed by atoms with Crippen molar-refractivity contribution in [1.82, 2.24) is 0 Å². The van der Waals surface area contributed by atoms with E-state index < -0.39 is 11.7 Å². The molecule has 15 heavy (non-hydrogen) atoms. The van der Waals surface area contributed by atoms with Gasteiger partial charge in [-0.1, -0.05) is 17.7 Å². The third-order valence-electron chi connectivity index (χ3n) is 1.87. The van der Waals surface area contributed by atoms with E-state index in [2.05, 4.69) is 0 Å². The van der Waals surface area contributed by atoms with Gasteiger partial charge in [-0.3, -0.25) is 4.79 Å². The molecule has 81 valence electrons. The van der Waals surface area contributed by atoms with E-state index in [-0.39, 0.29) is 17.2 Å². The Balaban J connectivity index is 3.15. The fourth-order valence-corrected chi connectivity index (χ4v) is 1.36. The highest BCUT2D eigenvalue weighted by molar-refractivity contribution is 6.31. The average Bonchev–Trinajstić information content (AvgIpc) is 2.19. The summed E-state index contributed by atoms with van der Waals surface area (Å²) in [5.41, 5.74) is 5.14. The van der Waals surface area contributed by atoms with Gasteiger partial charge in [0.05, 0.1) is 10.6 Å². The van der Waals surface area contributed by atoms with Crippen molar-refractivity contribution in [2.45, 2.75) is 6.42 Å². The van der Waals surface area contributed by atoms with Crippen molar-refractivity contribution >= 4 is 17.5 Å². The molecule has 1 amide bonds. The maximum Gasteiger partial charge on any atom is 0.252 e. The maximum atomic E-state index is 13.4. The largest absolute Gasteiger partial charge is 0.396 e. The minimum absolute atomic E-state index is 0.0809. The molecule has 0 aliphatic heterocycles. The monoisotopic (exact) mass is 230 g/mol. The topological polar surface area (TPSA) is 63.3 Å². The fourth-order valence-electron chi connectivity index (χ4n) is 1.21. The number of rotatable bonds is 4. The van der Waals surface area contributed by atoms with Crippen LogP contribution in [0.3, 0.4) is 0 Å². The van der Waals surface area contributed by atoms with Gasteiger partial charge < -0.3 is 10.8 Å². The van der Waals surface area contributed by atoms with Crippen LogP contribution in [-0.2, 0) is 0 Å². The van der Waals surface area contributed by atoms with Crippen LogP contribution in [0.2, 0.25) is 5.02 Å². The molecule has 0 unspecified atom stereocenters. The summed E-state index contributed by atoms with van der Waals surface area (Å²) in [7, 11) is 0. The molecule has 0 saturated heterocycles. The van der Waals surface area contributed by atoms with Crippen molar-refractivity contribution in [2.75, 3.05) is 6.61 Å². The van der Waals surface area contributed by atoms with Crippen LogP contribution in [0.1, 0.15) is 22.3 Å². The van der Waals surface area contributed by atoms with Crippen molar-refractivity contribution in [3.63, 3.8) is 0 Å². The lowest BCUT2D eigenvalue weighted by Crippen LogP contribution is -2.16. The third kappa shape index (κ3) is 2.67.